The maximum atomic E-state index is 11.5. The molecule has 102 valence electrons. The Bertz CT molecular complexity index is 478. The summed E-state index contributed by atoms with van der Waals surface area (Å²) in [4.78, 5) is 13.4. The van der Waals surface area contributed by atoms with Crippen molar-refractivity contribution in [3.8, 4) is 0 Å². The highest BCUT2D eigenvalue weighted by atomic mass is 16.2. The highest BCUT2D eigenvalue weighted by molar-refractivity contribution is 5.93. The number of benzene rings is 1. The molecule has 0 spiro atoms. The summed E-state index contributed by atoms with van der Waals surface area (Å²) in [6, 6.07) is 6.65. The van der Waals surface area contributed by atoms with Crippen molar-refractivity contribution in [2.75, 3.05) is 24.5 Å². The molecule has 1 fully saturated rings. The van der Waals surface area contributed by atoms with Crippen molar-refractivity contribution in [3.63, 3.8) is 0 Å². The van der Waals surface area contributed by atoms with Crippen LogP contribution in [0.15, 0.2) is 18.2 Å². The predicted molar refractivity (Wildman–Crippen MR) is 77.5 cm³/mol. The second-order valence-corrected chi connectivity index (χ2v) is 5.80. The van der Waals surface area contributed by atoms with Gasteiger partial charge in [0.2, 0.25) is 5.91 Å². The van der Waals surface area contributed by atoms with E-state index in [2.05, 4.69) is 23.5 Å². The van der Waals surface area contributed by atoms with E-state index in [4.69, 9.17) is 0 Å². The zero-order valence-electron chi connectivity index (χ0n) is 11.6. The van der Waals surface area contributed by atoms with Crippen molar-refractivity contribution in [2.45, 2.75) is 32.6 Å². The molecular formula is C16H22N2O. The monoisotopic (exact) mass is 258 g/mol. The molecule has 3 nitrogen and oxygen atoms in total. The third-order valence-electron chi connectivity index (χ3n) is 4.34. The number of nitrogens with one attached hydrogen (secondary N) is 1. The first-order valence-electron chi connectivity index (χ1n) is 7.34. The molecule has 1 aromatic carbocycles. The maximum Gasteiger partial charge on any atom is 0.223 e. The molecule has 0 aliphatic carbocycles. The van der Waals surface area contributed by atoms with Gasteiger partial charge in [-0.15, -0.1) is 0 Å². The van der Waals surface area contributed by atoms with Crippen molar-refractivity contribution in [2.24, 2.45) is 5.92 Å². The summed E-state index contributed by atoms with van der Waals surface area (Å²) in [5.74, 6) is 0.931. The first-order valence-corrected chi connectivity index (χ1v) is 7.34. The average molecular weight is 258 g/mol. The topological polar surface area (TPSA) is 32.3 Å². The highest BCUT2D eigenvalue weighted by Gasteiger charge is 2.22. The molecule has 1 atom stereocenters. The van der Waals surface area contributed by atoms with Crippen LogP contribution < -0.4 is 10.2 Å². The molecule has 3 rings (SSSR count). The van der Waals surface area contributed by atoms with Crippen LogP contribution in [-0.4, -0.2) is 25.5 Å². The van der Waals surface area contributed by atoms with E-state index in [9.17, 15) is 4.79 Å². The second kappa shape index (κ2) is 5.33. The van der Waals surface area contributed by atoms with Crippen LogP contribution in [0.3, 0.4) is 0 Å². The first kappa shape index (κ1) is 12.7. The molecule has 1 saturated heterocycles. The molecule has 0 saturated carbocycles. The van der Waals surface area contributed by atoms with Gasteiger partial charge >= 0.3 is 0 Å². The summed E-state index contributed by atoms with van der Waals surface area (Å²) < 4.78 is 0. The molecule has 1 amide bonds. The van der Waals surface area contributed by atoms with E-state index in [1.165, 1.54) is 36.9 Å². The first-order chi connectivity index (χ1) is 9.24. The lowest BCUT2D eigenvalue weighted by molar-refractivity contribution is -0.116. The number of hydrogen-bond donors (Lipinski definition) is 1. The van der Waals surface area contributed by atoms with Crippen molar-refractivity contribution < 1.29 is 4.79 Å². The van der Waals surface area contributed by atoms with E-state index in [1.54, 1.807) is 6.92 Å². The van der Waals surface area contributed by atoms with Crippen molar-refractivity contribution in [1.29, 1.82) is 0 Å². The zero-order valence-corrected chi connectivity index (χ0v) is 11.6. The van der Waals surface area contributed by atoms with Gasteiger partial charge < -0.3 is 10.2 Å². The Hall–Kier alpha value is -1.35. The number of piperidine rings is 1. The van der Waals surface area contributed by atoms with Crippen LogP contribution in [0.25, 0.3) is 0 Å². The number of amides is 1. The summed E-state index contributed by atoms with van der Waals surface area (Å²) in [6.45, 7) is 4.82. The number of nitrogens with zero attached hydrogens (tertiary/aromatic N) is 1. The van der Waals surface area contributed by atoms with E-state index < -0.39 is 0 Å². The zero-order chi connectivity index (χ0) is 13.2. The van der Waals surface area contributed by atoms with Crippen LogP contribution in [0.4, 0.5) is 5.69 Å². The van der Waals surface area contributed by atoms with Crippen molar-refractivity contribution in [1.82, 2.24) is 5.32 Å². The third-order valence-corrected chi connectivity index (χ3v) is 4.34. The van der Waals surface area contributed by atoms with Gasteiger partial charge in [0, 0.05) is 19.2 Å². The molecule has 1 aromatic rings. The van der Waals surface area contributed by atoms with Gasteiger partial charge in [0.1, 0.15) is 0 Å². The molecule has 2 aliphatic rings. The Balaban J connectivity index is 1.73. The summed E-state index contributed by atoms with van der Waals surface area (Å²) in [5, 5.41) is 3.48. The van der Waals surface area contributed by atoms with Crippen LogP contribution in [0, 0.1) is 5.92 Å². The summed E-state index contributed by atoms with van der Waals surface area (Å²) in [6.07, 6.45) is 4.81. The highest BCUT2D eigenvalue weighted by Crippen LogP contribution is 2.30. The van der Waals surface area contributed by atoms with Crippen molar-refractivity contribution in [3.05, 3.63) is 29.3 Å². The van der Waals surface area contributed by atoms with Gasteiger partial charge in [0.25, 0.3) is 0 Å². The van der Waals surface area contributed by atoms with Crippen LogP contribution in [0.1, 0.15) is 30.9 Å². The molecule has 0 bridgehead atoms. The summed E-state index contributed by atoms with van der Waals surface area (Å²) in [7, 11) is 0. The fourth-order valence-corrected chi connectivity index (χ4v) is 3.34. The smallest absolute Gasteiger partial charge is 0.223 e. The maximum absolute atomic E-state index is 11.5. The molecule has 0 radical (unpaired) electrons. The molecule has 19 heavy (non-hydrogen) atoms. The standard InChI is InChI=1S/C16H22N2O/c1-12(19)18-8-6-15-10-13(4-5-16(15)18)9-14-3-2-7-17-11-14/h4-5,10,14,17H,2-3,6-9,11H2,1H3. The Morgan fingerprint density at radius 1 is 1.47 bits per heavy atom. The quantitative estimate of drug-likeness (QED) is 0.881. The Labute approximate surface area is 115 Å². The number of fused-ring (bicyclic) bond motifs is 1. The van der Waals surface area contributed by atoms with Gasteiger partial charge in [-0.3, -0.25) is 4.79 Å². The number of carbonyl (C=O) groups excluding carboxylic acids is 1. The normalized spacial score (nSPS) is 22.4. The lowest BCUT2D eigenvalue weighted by Crippen LogP contribution is -2.30. The van der Waals surface area contributed by atoms with Gasteiger partial charge in [0.15, 0.2) is 0 Å². The molecule has 2 aliphatic heterocycles. The number of rotatable bonds is 2. The van der Waals surface area contributed by atoms with Gasteiger partial charge in [-0.1, -0.05) is 12.1 Å². The van der Waals surface area contributed by atoms with Crippen LogP contribution in [-0.2, 0) is 17.6 Å². The lowest BCUT2D eigenvalue weighted by atomic mass is 9.91. The minimum absolute atomic E-state index is 0.156. The molecular weight excluding hydrogens is 236 g/mol. The van der Waals surface area contributed by atoms with Gasteiger partial charge in [0.05, 0.1) is 0 Å². The average Bonchev–Trinajstić information content (AvgIpc) is 2.83. The summed E-state index contributed by atoms with van der Waals surface area (Å²) >= 11 is 0. The second-order valence-electron chi connectivity index (χ2n) is 5.80. The van der Waals surface area contributed by atoms with Crippen LogP contribution in [0.5, 0.6) is 0 Å². The molecule has 0 aromatic heterocycles. The fraction of sp³-hybridized carbons (Fsp3) is 0.562. The SMILES string of the molecule is CC(=O)N1CCc2cc(CC3CCCNC3)ccc21. The van der Waals surface area contributed by atoms with Crippen molar-refractivity contribution >= 4 is 11.6 Å². The molecule has 3 heteroatoms. The van der Waals surface area contributed by atoms with E-state index in [1.807, 2.05) is 4.90 Å². The van der Waals surface area contributed by atoms with Crippen LogP contribution in [0.2, 0.25) is 0 Å². The Morgan fingerprint density at radius 2 is 2.37 bits per heavy atom. The predicted octanol–water partition coefficient (Wildman–Crippen LogP) is 2.14. The lowest BCUT2D eigenvalue weighted by Gasteiger charge is -2.23. The largest absolute Gasteiger partial charge is 0.316 e. The number of carbonyl (C=O) groups is 1. The van der Waals surface area contributed by atoms with E-state index in [-0.39, 0.29) is 5.91 Å². The number of hydrogen-bond acceptors (Lipinski definition) is 2. The van der Waals surface area contributed by atoms with E-state index >= 15 is 0 Å². The van der Waals surface area contributed by atoms with Gasteiger partial charge in [-0.05, 0) is 61.9 Å². The Morgan fingerprint density at radius 3 is 3.11 bits per heavy atom. The van der Waals surface area contributed by atoms with E-state index in [0.717, 1.165) is 31.1 Å². The molecule has 1 unspecified atom stereocenters. The Kier molecular flexibility index (Phi) is 3.56. The minimum Gasteiger partial charge on any atom is -0.316 e. The fourth-order valence-electron chi connectivity index (χ4n) is 3.34. The van der Waals surface area contributed by atoms with Gasteiger partial charge in [-0.25, -0.2) is 0 Å². The van der Waals surface area contributed by atoms with Gasteiger partial charge in [-0.2, -0.15) is 0 Å². The minimum atomic E-state index is 0.156. The van der Waals surface area contributed by atoms with E-state index in [0.29, 0.717) is 0 Å². The number of anilines is 1. The third kappa shape index (κ3) is 2.66. The van der Waals surface area contributed by atoms with Crippen LogP contribution >= 0.6 is 0 Å². The summed E-state index contributed by atoms with van der Waals surface area (Å²) in [5.41, 5.74) is 3.90. The molecule has 2 heterocycles. The molecule has 1 N–H and O–H groups in total.